The van der Waals surface area contributed by atoms with Crippen molar-refractivity contribution in [1.29, 1.82) is 0 Å². The van der Waals surface area contributed by atoms with Crippen molar-refractivity contribution in [3.8, 4) is 5.75 Å². The van der Waals surface area contributed by atoms with Crippen LogP contribution in [0, 0.1) is 0 Å². The van der Waals surface area contributed by atoms with Crippen LogP contribution in [0.5, 0.6) is 5.75 Å². The van der Waals surface area contributed by atoms with E-state index in [-0.39, 0.29) is 22.8 Å². The van der Waals surface area contributed by atoms with Crippen LogP contribution in [0.1, 0.15) is 26.3 Å². The van der Waals surface area contributed by atoms with Crippen molar-refractivity contribution in [2.24, 2.45) is 0 Å². The molecule has 0 spiro atoms. The number of nitrogens with zero attached hydrogens (tertiary/aromatic N) is 1. The van der Waals surface area contributed by atoms with Gasteiger partial charge in [0.25, 0.3) is 5.91 Å². The number of hydrogen-bond acceptors (Lipinski definition) is 6. The molecule has 3 aromatic rings. The molecule has 1 heterocycles. The van der Waals surface area contributed by atoms with E-state index in [0.29, 0.717) is 21.1 Å². The molecule has 0 fully saturated rings. The van der Waals surface area contributed by atoms with Crippen LogP contribution in [0.25, 0.3) is 10.2 Å². The monoisotopic (exact) mass is 418 g/mol. The third-order valence-electron chi connectivity index (χ3n) is 4.10. The van der Waals surface area contributed by atoms with Crippen LogP contribution in [0.15, 0.2) is 47.4 Å². The molecule has 8 heteroatoms. The summed E-state index contributed by atoms with van der Waals surface area (Å²) in [7, 11) is -3.29. The highest BCUT2D eigenvalue weighted by Crippen LogP contribution is 2.28. The molecule has 0 aliphatic heterocycles. The van der Waals surface area contributed by atoms with E-state index in [0.717, 1.165) is 11.8 Å². The zero-order valence-electron chi connectivity index (χ0n) is 16.1. The van der Waals surface area contributed by atoms with Crippen LogP contribution in [-0.2, 0) is 20.0 Å². The number of carbonyl (C=O) groups is 1. The van der Waals surface area contributed by atoms with E-state index in [1.54, 1.807) is 12.1 Å². The molecule has 0 aliphatic rings. The largest absolute Gasteiger partial charge is 0.484 e. The summed E-state index contributed by atoms with van der Waals surface area (Å²) >= 11 is 1.22. The van der Waals surface area contributed by atoms with Crippen LogP contribution in [-0.4, -0.2) is 32.2 Å². The molecule has 1 amide bonds. The third kappa shape index (κ3) is 4.88. The number of aromatic nitrogens is 1. The molecule has 6 nitrogen and oxygen atoms in total. The molecule has 2 aromatic carbocycles. The van der Waals surface area contributed by atoms with Crippen LogP contribution < -0.4 is 10.1 Å². The van der Waals surface area contributed by atoms with Gasteiger partial charge < -0.3 is 4.74 Å². The minimum absolute atomic E-state index is 0.00650. The Morgan fingerprint density at radius 3 is 2.61 bits per heavy atom. The average molecular weight is 419 g/mol. The number of thiazole rings is 1. The molecule has 0 atom stereocenters. The van der Waals surface area contributed by atoms with Crippen molar-refractivity contribution in [2.75, 3.05) is 18.2 Å². The molecule has 0 saturated carbocycles. The second-order valence-corrected chi connectivity index (χ2v) is 10.6. The smallest absolute Gasteiger partial charge is 0.264 e. The van der Waals surface area contributed by atoms with Crippen molar-refractivity contribution in [3.05, 3.63) is 48.0 Å². The van der Waals surface area contributed by atoms with Gasteiger partial charge in [-0.25, -0.2) is 13.4 Å². The molecule has 0 aliphatic carbocycles. The number of benzene rings is 2. The summed E-state index contributed by atoms with van der Waals surface area (Å²) in [5.74, 6) is 0.299. The van der Waals surface area contributed by atoms with E-state index in [1.165, 1.54) is 17.4 Å². The fourth-order valence-corrected chi connectivity index (χ4v) is 4.19. The first-order chi connectivity index (χ1) is 13.0. The Kier molecular flexibility index (Phi) is 5.45. The van der Waals surface area contributed by atoms with E-state index < -0.39 is 9.84 Å². The summed E-state index contributed by atoms with van der Waals surface area (Å²) in [5.41, 5.74) is 1.75. The zero-order chi connectivity index (χ0) is 20.5. The Balaban J connectivity index is 1.67. The number of anilines is 1. The van der Waals surface area contributed by atoms with Gasteiger partial charge in [0.05, 0.1) is 15.1 Å². The minimum atomic E-state index is -3.29. The van der Waals surface area contributed by atoms with E-state index in [4.69, 9.17) is 4.74 Å². The van der Waals surface area contributed by atoms with Crippen LogP contribution in [0.2, 0.25) is 0 Å². The zero-order valence-corrected chi connectivity index (χ0v) is 17.8. The predicted molar refractivity (Wildman–Crippen MR) is 112 cm³/mol. The first kappa shape index (κ1) is 20.3. The molecule has 0 unspecified atom stereocenters. The summed E-state index contributed by atoms with van der Waals surface area (Å²) in [4.78, 5) is 16.7. The van der Waals surface area contributed by atoms with Gasteiger partial charge in [0.15, 0.2) is 21.6 Å². The fourth-order valence-electron chi connectivity index (χ4n) is 2.55. The van der Waals surface area contributed by atoms with Gasteiger partial charge in [-0.2, -0.15) is 0 Å². The second kappa shape index (κ2) is 7.52. The van der Waals surface area contributed by atoms with Gasteiger partial charge in [-0.15, -0.1) is 0 Å². The maximum absolute atomic E-state index is 12.2. The molecule has 0 saturated heterocycles. The summed E-state index contributed by atoms with van der Waals surface area (Å²) in [6, 6.07) is 12.4. The molecule has 0 bridgehead atoms. The SMILES string of the molecule is CC(C)(C)c1cccc(OCC(=O)Nc2nc3ccc(S(C)(=O)=O)cc3s2)c1. The van der Waals surface area contributed by atoms with Gasteiger partial charge in [0, 0.05) is 6.26 Å². The normalized spacial score (nSPS) is 12.1. The van der Waals surface area contributed by atoms with Crippen molar-refractivity contribution in [2.45, 2.75) is 31.1 Å². The van der Waals surface area contributed by atoms with Gasteiger partial charge >= 0.3 is 0 Å². The Hall–Kier alpha value is -2.45. The van der Waals surface area contributed by atoms with E-state index in [9.17, 15) is 13.2 Å². The molecular weight excluding hydrogens is 396 g/mol. The lowest BCUT2D eigenvalue weighted by Crippen LogP contribution is -2.20. The molecule has 28 heavy (non-hydrogen) atoms. The lowest BCUT2D eigenvalue weighted by atomic mass is 9.87. The van der Waals surface area contributed by atoms with E-state index >= 15 is 0 Å². The molecular formula is C20H22N2O4S2. The second-order valence-electron chi connectivity index (χ2n) is 7.54. The van der Waals surface area contributed by atoms with Crippen LogP contribution >= 0.6 is 11.3 Å². The predicted octanol–water partition coefficient (Wildman–Crippen LogP) is 4.01. The molecule has 0 radical (unpaired) electrons. The number of amides is 1. The average Bonchev–Trinajstić information content (AvgIpc) is 3.00. The fraction of sp³-hybridized carbons (Fsp3) is 0.300. The number of carbonyl (C=O) groups excluding carboxylic acids is 1. The Bertz CT molecular complexity index is 1130. The summed E-state index contributed by atoms with van der Waals surface area (Å²) in [6.45, 7) is 6.20. The maximum Gasteiger partial charge on any atom is 0.264 e. The standard InChI is InChI=1S/C20H22N2O4S2/c1-20(2,3)13-6-5-7-14(10-13)26-12-18(23)22-19-21-16-9-8-15(28(4,24)25)11-17(16)27-19/h5-11H,12H2,1-4H3,(H,21,22,23). The van der Waals surface area contributed by atoms with Gasteiger partial charge in [0.1, 0.15) is 5.75 Å². The number of fused-ring (bicyclic) bond motifs is 1. The lowest BCUT2D eigenvalue weighted by molar-refractivity contribution is -0.118. The van der Waals surface area contributed by atoms with Gasteiger partial charge in [-0.1, -0.05) is 44.2 Å². The summed E-state index contributed by atoms with van der Waals surface area (Å²) in [5, 5.41) is 3.10. The molecule has 1 aromatic heterocycles. The Morgan fingerprint density at radius 2 is 1.93 bits per heavy atom. The molecule has 1 N–H and O–H groups in total. The number of rotatable bonds is 5. The summed E-state index contributed by atoms with van der Waals surface area (Å²) < 4.78 is 29.6. The molecule has 3 rings (SSSR count). The lowest BCUT2D eigenvalue weighted by Gasteiger charge is -2.19. The summed E-state index contributed by atoms with van der Waals surface area (Å²) in [6.07, 6.45) is 1.16. The van der Waals surface area contributed by atoms with E-state index in [1.807, 2.05) is 24.3 Å². The van der Waals surface area contributed by atoms with E-state index in [2.05, 4.69) is 31.1 Å². The van der Waals surface area contributed by atoms with Crippen LogP contribution in [0.4, 0.5) is 5.13 Å². The highest BCUT2D eigenvalue weighted by Gasteiger charge is 2.15. The van der Waals surface area contributed by atoms with Crippen molar-refractivity contribution in [3.63, 3.8) is 0 Å². The van der Waals surface area contributed by atoms with Gasteiger partial charge in [-0.05, 0) is 41.3 Å². The number of sulfone groups is 1. The van der Waals surface area contributed by atoms with Crippen molar-refractivity contribution in [1.82, 2.24) is 4.98 Å². The number of hydrogen-bond donors (Lipinski definition) is 1. The van der Waals surface area contributed by atoms with Gasteiger partial charge in [0.2, 0.25) is 0 Å². The minimum Gasteiger partial charge on any atom is -0.484 e. The van der Waals surface area contributed by atoms with Crippen LogP contribution in [0.3, 0.4) is 0 Å². The first-order valence-electron chi connectivity index (χ1n) is 8.66. The number of ether oxygens (including phenoxy) is 1. The first-order valence-corrected chi connectivity index (χ1v) is 11.4. The molecule has 148 valence electrons. The maximum atomic E-state index is 12.2. The van der Waals surface area contributed by atoms with Crippen molar-refractivity contribution >= 4 is 42.4 Å². The highest BCUT2D eigenvalue weighted by molar-refractivity contribution is 7.90. The topological polar surface area (TPSA) is 85.4 Å². The third-order valence-corrected chi connectivity index (χ3v) is 6.15. The Labute approximate surface area is 168 Å². The van der Waals surface area contributed by atoms with Gasteiger partial charge in [-0.3, -0.25) is 10.1 Å². The van der Waals surface area contributed by atoms with Crippen molar-refractivity contribution < 1.29 is 17.9 Å². The highest BCUT2D eigenvalue weighted by atomic mass is 32.2. The number of nitrogens with one attached hydrogen (secondary N) is 1. The Morgan fingerprint density at radius 1 is 1.18 bits per heavy atom. The quantitative estimate of drug-likeness (QED) is 0.676.